The van der Waals surface area contributed by atoms with Crippen molar-refractivity contribution in [3.63, 3.8) is 0 Å². The van der Waals surface area contributed by atoms with E-state index in [1.54, 1.807) is 4.90 Å². The van der Waals surface area contributed by atoms with Gasteiger partial charge in [-0.15, -0.1) is 0 Å². The highest BCUT2D eigenvalue weighted by Gasteiger charge is 2.34. The van der Waals surface area contributed by atoms with Crippen LogP contribution in [0.2, 0.25) is 0 Å². The van der Waals surface area contributed by atoms with Crippen molar-refractivity contribution in [2.45, 2.75) is 76.9 Å². The topological polar surface area (TPSA) is 78.9 Å². The van der Waals surface area contributed by atoms with Gasteiger partial charge in [0.05, 0.1) is 12.2 Å². The Kier molecular flexibility index (Phi) is 8.22. The average molecular weight is 465 g/mol. The quantitative estimate of drug-likeness (QED) is 0.549. The number of rotatable bonds is 9. The van der Waals surface area contributed by atoms with Crippen LogP contribution in [0.3, 0.4) is 0 Å². The Hall–Kier alpha value is -2.86. The van der Waals surface area contributed by atoms with E-state index in [-0.39, 0.29) is 12.5 Å². The molecule has 0 radical (unpaired) electrons. The van der Waals surface area contributed by atoms with Crippen LogP contribution in [-0.4, -0.2) is 35.7 Å². The van der Waals surface area contributed by atoms with Crippen LogP contribution in [-0.2, 0) is 22.6 Å². The molecule has 6 heteroatoms. The van der Waals surface area contributed by atoms with Crippen LogP contribution in [0.5, 0.6) is 5.75 Å². The molecule has 4 rings (SSSR count). The first-order valence-corrected chi connectivity index (χ1v) is 12.6. The van der Waals surface area contributed by atoms with Gasteiger partial charge in [0.2, 0.25) is 5.91 Å². The molecule has 1 amide bonds. The number of amides is 1. The van der Waals surface area contributed by atoms with E-state index in [0.717, 1.165) is 18.4 Å². The molecule has 182 valence electrons. The molecule has 2 N–H and O–H groups in total. The maximum atomic E-state index is 13.7. The summed E-state index contributed by atoms with van der Waals surface area (Å²) in [5, 5.41) is 13.0. The number of benzene rings is 2. The summed E-state index contributed by atoms with van der Waals surface area (Å²) in [5.74, 6) is 0.158. The van der Waals surface area contributed by atoms with Crippen molar-refractivity contribution in [3.05, 3.63) is 59.7 Å². The van der Waals surface area contributed by atoms with Gasteiger partial charge in [-0.2, -0.15) is 0 Å². The molecule has 1 saturated carbocycles. The van der Waals surface area contributed by atoms with Gasteiger partial charge in [0.15, 0.2) is 0 Å². The van der Waals surface area contributed by atoms with Crippen molar-refractivity contribution in [1.82, 2.24) is 5.32 Å². The first-order chi connectivity index (χ1) is 16.5. The van der Waals surface area contributed by atoms with E-state index in [1.807, 2.05) is 36.4 Å². The second-order valence-corrected chi connectivity index (χ2v) is 9.56. The first kappa shape index (κ1) is 24.3. The highest BCUT2D eigenvalue weighted by atomic mass is 16.5. The number of aryl methyl sites for hydroxylation is 1. The van der Waals surface area contributed by atoms with Gasteiger partial charge in [-0.3, -0.25) is 14.9 Å². The molecule has 34 heavy (non-hydrogen) atoms. The number of hydrogen-bond donors (Lipinski definition) is 2. The molecule has 0 bridgehead atoms. The highest BCUT2D eigenvalue weighted by Crippen LogP contribution is 2.33. The minimum Gasteiger partial charge on any atom is -0.489 e. The van der Waals surface area contributed by atoms with Gasteiger partial charge in [-0.05, 0) is 48.4 Å². The Bertz CT molecular complexity index is 969. The molecule has 0 aromatic heterocycles. The van der Waals surface area contributed by atoms with Crippen LogP contribution in [0.25, 0.3) is 0 Å². The van der Waals surface area contributed by atoms with E-state index < -0.39 is 18.1 Å². The number of anilines is 1. The number of carbonyl (C=O) groups excluding carboxylic acids is 1. The Labute approximate surface area is 202 Å². The number of hydrogen-bond acceptors (Lipinski definition) is 4. The third kappa shape index (κ3) is 5.98. The summed E-state index contributed by atoms with van der Waals surface area (Å²) in [7, 11) is 0. The van der Waals surface area contributed by atoms with E-state index in [9.17, 15) is 14.7 Å². The lowest BCUT2D eigenvalue weighted by atomic mass is 9.85. The van der Waals surface area contributed by atoms with Gasteiger partial charge in [0.25, 0.3) is 0 Å². The minimum atomic E-state index is -0.910. The van der Waals surface area contributed by atoms with Crippen LogP contribution in [0.4, 0.5) is 5.69 Å². The number of fused-ring (bicyclic) bond motifs is 1. The van der Waals surface area contributed by atoms with Crippen LogP contribution < -0.4 is 15.0 Å². The fraction of sp³-hybridized carbons (Fsp3) is 0.500. The third-order valence-corrected chi connectivity index (χ3v) is 7.19. The number of aliphatic carboxylic acids is 1. The number of para-hydroxylation sites is 2. The molecule has 1 aliphatic carbocycles. The molecule has 2 aromatic carbocycles. The predicted octanol–water partition coefficient (Wildman–Crippen LogP) is 4.95. The smallest absolute Gasteiger partial charge is 0.320 e. The van der Waals surface area contributed by atoms with Crippen molar-refractivity contribution < 1.29 is 19.4 Å². The average Bonchev–Trinajstić information content (AvgIpc) is 2.99. The lowest BCUT2D eigenvalue weighted by molar-refractivity contribution is -0.140. The predicted molar refractivity (Wildman–Crippen MR) is 133 cm³/mol. The summed E-state index contributed by atoms with van der Waals surface area (Å²) in [5.41, 5.74) is 2.98. The summed E-state index contributed by atoms with van der Waals surface area (Å²) >= 11 is 0. The zero-order valence-electron chi connectivity index (χ0n) is 20.0. The normalized spacial score (nSPS) is 19.7. The first-order valence-electron chi connectivity index (χ1n) is 12.6. The van der Waals surface area contributed by atoms with Gasteiger partial charge < -0.3 is 14.7 Å². The number of carboxylic acids is 1. The second kappa shape index (κ2) is 11.5. The van der Waals surface area contributed by atoms with Gasteiger partial charge in [-0.1, -0.05) is 75.4 Å². The van der Waals surface area contributed by atoms with Crippen LogP contribution in [0.1, 0.15) is 63.0 Å². The van der Waals surface area contributed by atoms with Gasteiger partial charge in [0, 0.05) is 0 Å². The van der Waals surface area contributed by atoms with Gasteiger partial charge >= 0.3 is 5.97 Å². The molecule has 6 nitrogen and oxygen atoms in total. The van der Waals surface area contributed by atoms with E-state index in [4.69, 9.17) is 4.74 Å². The van der Waals surface area contributed by atoms with Crippen molar-refractivity contribution in [3.8, 4) is 5.75 Å². The highest BCUT2D eigenvalue weighted by molar-refractivity contribution is 5.99. The van der Waals surface area contributed by atoms with Crippen molar-refractivity contribution in [1.29, 1.82) is 0 Å². The summed E-state index contributed by atoms with van der Waals surface area (Å²) in [6.45, 7) is 2.62. The van der Waals surface area contributed by atoms with Crippen molar-refractivity contribution in [2.75, 3.05) is 11.5 Å². The number of carboxylic acid groups (broad SMARTS) is 1. The Balaban J connectivity index is 1.50. The van der Waals surface area contributed by atoms with Gasteiger partial charge in [0.1, 0.15) is 24.4 Å². The zero-order chi connectivity index (χ0) is 23.9. The van der Waals surface area contributed by atoms with Crippen molar-refractivity contribution in [2.24, 2.45) is 5.92 Å². The molecule has 2 aliphatic rings. The van der Waals surface area contributed by atoms with Crippen LogP contribution in [0.15, 0.2) is 48.5 Å². The summed E-state index contributed by atoms with van der Waals surface area (Å²) in [4.78, 5) is 27.5. The van der Waals surface area contributed by atoms with Crippen molar-refractivity contribution >= 4 is 17.6 Å². The zero-order valence-corrected chi connectivity index (χ0v) is 20.0. The standard InChI is InChI=1S/C28H36N2O4/c1-2-20-12-14-22(15-13-20)18-30-25-10-6-7-11-26(25)34-19-24(27(30)31)29-23(28(32)33)17-16-21-8-4-3-5-9-21/h6-7,10-15,21,23-24,29H,2-5,8-9,16-19H2,1H3,(H,32,33)/t23-,24-/m0/s1. The maximum absolute atomic E-state index is 13.7. The minimum absolute atomic E-state index is 0.105. The lowest BCUT2D eigenvalue weighted by Crippen LogP contribution is -2.53. The van der Waals surface area contributed by atoms with E-state index in [1.165, 1.54) is 37.7 Å². The summed E-state index contributed by atoms with van der Waals surface area (Å²) in [6.07, 6.45) is 8.46. The third-order valence-electron chi connectivity index (χ3n) is 7.19. The summed E-state index contributed by atoms with van der Waals surface area (Å²) in [6, 6.07) is 14.3. The number of ether oxygens (including phenoxy) is 1. The van der Waals surface area contributed by atoms with E-state index >= 15 is 0 Å². The monoisotopic (exact) mass is 464 g/mol. The molecule has 1 aliphatic heterocycles. The fourth-order valence-electron chi connectivity index (χ4n) is 5.10. The SMILES string of the molecule is CCc1ccc(CN2C(=O)[C@@H](N[C@@H](CCC3CCCCC3)C(=O)O)COc3ccccc32)cc1. The molecule has 0 unspecified atom stereocenters. The molecule has 2 atom stereocenters. The van der Waals surface area contributed by atoms with Crippen LogP contribution >= 0.6 is 0 Å². The second-order valence-electron chi connectivity index (χ2n) is 9.56. The number of carbonyl (C=O) groups is 2. The molecule has 1 fully saturated rings. The molecular formula is C28H36N2O4. The lowest BCUT2D eigenvalue weighted by Gasteiger charge is -2.28. The molecule has 0 spiro atoms. The molecular weight excluding hydrogens is 428 g/mol. The Morgan fingerprint density at radius 3 is 2.50 bits per heavy atom. The number of nitrogens with zero attached hydrogens (tertiary/aromatic N) is 1. The van der Waals surface area contributed by atoms with Gasteiger partial charge in [-0.25, -0.2) is 0 Å². The fourth-order valence-corrected chi connectivity index (χ4v) is 5.10. The number of nitrogens with one attached hydrogen (secondary N) is 1. The van der Waals surface area contributed by atoms with E-state index in [0.29, 0.717) is 30.3 Å². The van der Waals surface area contributed by atoms with E-state index in [2.05, 4.69) is 24.4 Å². The molecule has 1 heterocycles. The molecule has 2 aromatic rings. The summed E-state index contributed by atoms with van der Waals surface area (Å²) < 4.78 is 5.99. The molecule has 0 saturated heterocycles. The Morgan fingerprint density at radius 1 is 1.09 bits per heavy atom. The maximum Gasteiger partial charge on any atom is 0.320 e. The largest absolute Gasteiger partial charge is 0.489 e. The Morgan fingerprint density at radius 2 is 1.79 bits per heavy atom. The van der Waals surface area contributed by atoms with Crippen LogP contribution in [0, 0.1) is 5.92 Å².